The Morgan fingerprint density at radius 3 is 2.50 bits per heavy atom. The molecule has 1 heterocycles. The zero-order chi connectivity index (χ0) is 7.72. The molecule has 0 aromatic carbocycles. The van der Waals surface area contributed by atoms with Gasteiger partial charge in [0, 0.05) is 12.3 Å². The predicted octanol–water partition coefficient (Wildman–Crippen LogP) is 0.940. The number of hydrogen-bond acceptors (Lipinski definition) is 2. The molecule has 1 aliphatic rings. The van der Waals surface area contributed by atoms with Crippen molar-refractivity contribution in [2.24, 2.45) is 5.92 Å². The molecule has 0 amide bonds. The second-order valence-electron chi connectivity index (χ2n) is 2.33. The molecule has 0 aromatic rings. The summed E-state index contributed by atoms with van der Waals surface area (Å²) in [6.45, 7) is -0.115. The molecule has 5 heteroatoms. The van der Waals surface area contributed by atoms with Gasteiger partial charge in [-0.05, 0) is 0 Å². The van der Waals surface area contributed by atoms with E-state index in [4.69, 9.17) is 10.6 Å². The van der Waals surface area contributed by atoms with E-state index >= 15 is 0 Å². The Kier molecular flexibility index (Phi) is 1.85. The van der Waals surface area contributed by atoms with Gasteiger partial charge in [0.2, 0.25) is 6.43 Å². The van der Waals surface area contributed by atoms with Gasteiger partial charge >= 0.3 is 0 Å². The lowest BCUT2D eigenvalue weighted by molar-refractivity contribution is -0.0287. The SMILES string of the molecule is N=C1CC(C(F)F)CN1O. The number of nitrogens with one attached hydrogen (secondary N) is 1. The Labute approximate surface area is 56.7 Å². The summed E-state index contributed by atoms with van der Waals surface area (Å²) in [5.74, 6) is -0.984. The lowest BCUT2D eigenvalue weighted by atomic mass is 10.1. The third kappa shape index (κ3) is 1.23. The highest BCUT2D eigenvalue weighted by atomic mass is 19.3. The number of nitrogens with zero attached hydrogens (tertiary/aromatic N) is 1. The second kappa shape index (κ2) is 2.49. The van der Waals surface area contributed by atoms with Crippen molar-refractivity contribution in [1.29, 1.82) is 5.41 Å². The van der Waals surface area contributed by atoms with Crippen LogP contribution in [0.1, 0.15) is 6.42 Å². The van der Waals surface area contributed by atoms with Crippen molar-refractivity contribution >= 4 is 5.84 Å². The molecule has 0 saturated carbocycles. The molecule has 1 atom stereocenters. The van der Waals surface area contributed by atoms with Crippen LogP contribution < -0.4 is 0 Å². The molecule has 1 fully saturated rings. The van der Waals surface area contributed by atoms with Gasteiger partial charge in [-0.25, -0.2) is 13.8 Å². The molecule has 0 aliphatic carbocycles. The van der Waals surface area contributed by atoms with E-state index in [1.54, 1.807) is 0 Å². The fraction of sp³-hybridized carbons (Fsp3) is 0.800. The first-order chi connectivity index (χ1) is 4.61. The molecule has 1 rings (SSSR count). The summed E-state index contributed by atoms with van der Waals surface area (Å²) in [6.07, 6.45) is -2.45. The standard InChI is InChI=1S/C5H8F2N2O/c6-5(7)3-1-4(8)9(10)2-3/h3,5,8,10H,1-2H2. The number of rotatable bonds is 1. The van der Waals surface area contributed by atoms with Crippen LogP contribution in [-0.4, -0.2) is 29.1 Å². The van der Waals surface area contributed by atoms with E-state index in [9.17, 15) is 8.78 Å². The normalized spacial score (nSPS) is 26.6. The van der Waals surface area contributed by atoms with Crippen LogP contribution in [0.4, 0.5) is 8.78 Å². The lowest BCUT2D eigenvalue weighted by Gasteiger charge is -2.07. The topological polar surface area (TPSA) is 47.3 Å². The number of hydroxylamine groups is 2. The van der Waals surface area contributed by atoms with Crippen LogP contribution in [0.15, 0.2) is 0 Å². The first-order valence-corrected chi connectivity index (χ1v) is 2.93. The molecule has 58 valence electrons. The Morgan fingerprint density at radius 2 is 2.30 bits per heavy atom. The van der Waals surface area contributed by atoms with Gasteiger partial charge in [-0.15, -0.1) is 0 Å². The highest BCUT2D eigenvalue weighted by Gasteiger charge is 2.32. The second-order valence-corrected chi connectivity index (χ2v) is 2.33. The van der Waals surface area contributed by atoms with Gasteiger partial charge in [0.25, 0.3) is 0 Å². The van der Waals surface area contributed by atoms with Crippen molar-refractivity contribution in [1.82, 2.24) is 5.06 Å². The first-order valence-electron chi connectivity index (χ1n) is 2.93. The van der Waals surface area contributed by atoms with Crippen LogP contribution >= 0.6 is 0 Å². The van der Waals surface area contributed by atoms with E-state index in [2.05, 4.69) is 0 Å². The van der Waals surface area contributed by atoms with Crippen molar-refractivity contribution < 1.29 is 14.0 Å². The van der Waals surface area contributed by atoms with Crippen LogP contribution in [0.3, 0.4) is 0 Å². The van der Waals surface area contributed by atoms with Gasteiger partial charge in [-0.1, -0.05) is 0 Å². The zero-order valence-electron chi connectivity index (χ0n) is 5.22. The number of amidine groups is 1. The summed E-state index contributed by atoms with van der Waals surface area (Å²) in [5.41, 5.74) is 0. The Bertz CT molecular complexity index is 151. The third-order valence-corrected chi connectivity index (χ3v) is 1.53. The van der Waals surface area contributed by atoms with Crippen LogP contribution in [0, 0.1) is 11.3 Å². The summed E-state index contributed by atoms with van der Waals surface area (Å²) in [5, 5.41) is 16.2. The summed E-state index contributed by atoms with van der Waals surface area (Å²) in [7, 11) is 0. The zero-order valence-corrected chi connectivity index (χ0v) is 5.22. The van der Waals surface area contributed by atoms with Crippen molar-refractivity contribution in [3.8, 4) is 0 Å². The van der Waals surface area contributed by atoms with Gasteiger partial charge in [-0.3, -0.25) is 10.6 Å². The highest BCUT2D eigenvalue weighted by molar-refractivity contribution is 5.80. The van der Waals surface area contributed by atoms with Crippen molar-refractivity contribution in [3.63, 3.8) is 0 Å². The highest BCUT2D eigenvalue weighted by Crippen LogP contribution is 2.22. The number of hydrogen-bond donors (Lipinski definition) is 2. The monoisotopic (exact) mass is 150 g/mol. The first kappa shape index (κ1) is 7.40. The largest absolute Gasteiger partial charge is 0.287 e. The average Bonchev–Trinajstić information content (AvgIpc) is 2.13. The van der Waals surface area contributed by atoms with Gasteiger partial charge in [0.15, 0.2) is 0 Å². The van der Waals surface area contributed by atoms with Crippen LogP contribution in [0.5, 0.6) is 0 Å². The molecule has 0 aromatic heterocycles. The van der Waals surface area contributed by atoms with E-state index < -0.39 is 12.3 Å². The third-order valence-electron chi connectivity index (χ3n) is 1.53. The van der Waals surface area contributed by atoms with E-state index in [0.29, 0.717) is 5.06 Å². The Morgan fingerprint density at radius 1 is 1.70 bits per heavy atom. The maximum Gasteiger partial charge on any atom is 0.243 e. The maximum atomic E-state index is 11.9. The summed E-state index contributed by atoms with van der Waals surface area (Å²) >= 11 is 0. The molecule has 1 unspecified atom stereocenters. The molecular formula is C5H8F2N2O. The molecule has 2 N–H and O–H groups in total. The summed E-state index contributed by atoms with van der Waals surface area (Å²) in [4.78, 5) is 0. The minimum absolute atomic E-state index is 0.0197. The molecule has 3 nitrogen and oxygen atoms in total. The molecule has 10 heavy (non-hydrogen) atoms. The number of alkyl halides is 2. The van der Waals surface area contributed by atoms with E-state index in [1.807, 2.05) is 0 Å². The molecule has 1 saturated heterocycles. The van der Waals surface area contributed by atoms with Crippen molar-refractivity contribution in [3.05, 3.63) is 0 Å². The summed E-state index contributed by atoms with van der Waals surface area (Å²) in [6, 6.07) is 0. The van der Waals surface area contributed by atoms with E-state index in [1.165, 1.54) is 0 Å². The van der Waals surface area contributed by atoms with Gasteiger partial charge in [0.05, 0.1) is 6.54 Å². The van der Waals surface area contributed by atoms with E-state index in [-0.39, 0.29) is 18.8 Å². The molecular weight excluding hydrogens is 142 g/mol. The van der Waals surface area contributed by atoms with Crippen molar-refractivity contribution in [2.75, 3.05) is 6.54 Å². The Hall–Kier alpha value is -0.710. The molecule has 0 radical (unpaired) electrons. The predicted molar refractivity (Wildman–Crippen MR) is 30.3 cm³/mol. The van der Waals surface area contributed by atoms with Crippen LogP contribution in [-0.2, 0) is 0 Å². The molecule has 1 aliphatic heterocycles. The average molecular weight is 150 g/mol. The maximum absolute atomic E-state index is 11.9. The van der Waals surface area contributed by atoms with E-state index in [0.717, 1.165) is 0 Å². The molecule has 0 bridgehead atoms. The van der Waals surface area contributed by atoms with Crippen LogP contribution in [0.25, 0.3) is 0 Å². The number of halogens is 2. The van der Waals surface area contributed by atoms with Gasteiger partial charge in [0.1, 0.15) is 5.84 Å². The fourth-order valence-electron chi connectivity index (χ4n) is 0.919. The molecule has 0 spiro atoms. The minimum atomic E-state index is -2.43. The fourth-order valence-corrected chi connectivity index (χ4v) is 0.919. The van der Waals surface area contributed by atoms with Gasteiger partial charge < -0.3 is 0 Å². The minimum Gasteiger partial charge on any atom is -0.287 e. The lowest BCUT2D eigenvalue weighted by Crippen LogP contribution is -2.20. The van der Waals surface area contributed by atoms with Crippen LogP contribution in [0.2, 0.25) is 0 Å². The quantitative estimate of drug-likeness (QED) is 0.584. The summed E-state index contributed by atoms with van der Waals surface area (Å²) < 4.78 is 23.7. The van der Waals surface area contributed by atoms with Gasteiger partial charge in [-0.2, -0.15) is 0 Å². The Balaban J connectivity index is 2.49. The van der Waals surface area contributed by atoms with Crippen molar-refractivity contribution in [2.45, 2.75) is 12.8 Å². The smallest absolute Gasteiger partial charge is 0.243 e.